The molecule has 0 saturated heterocycles. The Morgan fingerprint density at radius 3 is 1.92 bits per heavy atom. The van der Waals surface area contributed by atoms with Crippen molar-refractivity contribution in [2.75, 3.05) is 0 Å². The van der Waals surface area contributed by atoms with E-state index in [2.05, 4.69) is 54.3 Å². The van der Waals surface area contributed by atoms with E-state index in [1.165, 1.54) is 5.56 Å². The summed E-state index contributed by atoms with van der Waals surface area (Å²) in [6.45, 7) is 0. The van der Waals surface area contributed by atoms with Gasteiger partial charge in [0.2, 0.25) is 0 Å². The summed E-state index contributed by atoms with van der Waals surface area (Å²) in [7, 11) is 0. The van der Waals surface area contributed by atoms with Gasteiger partial charge in [0.05, 0.1) is 0 Å². The summed E-state index contributed by atoms with van der Waals surface area (Å²) in [6, 6.07) is 30.6. The molecule has 0 amide bonds. The Labute approximate surface area is 143 Å². The largest absolute Gasteiger partial charge is 0.0622 e. The van der Waals surface area contributed by atoms with Crippen molar-refractivity contribution in [2.24, 2.45) is 0 Å². The fourth-order valence-corrected chi connectivity index (χ4v) is 2.31. The highest BCUT2D eigenvalue weighted by Crippen LogP contribution is 2.14. The van der Waals surface area contributed by atoms with Gasteiger partial charge in [0.15, 0.2) is 0 Å². The first-order valence-electron chi connectivity index (χ1n) is 7.98. The average molecular weight is 306 g/mol. The molecule has 114 valence electrons. The predicted octanol–water partition coefficient (Wildman–Crippen LogP) is 5.84. The summed E-state index contributed by atoms with van der Waals surface area (Å²) in [5.74, 6) is 6.54. The molecule has 0 aliphatic carbocycles. The Kier molecular flexibility index (Phi) is 5.43. The number of benzene rings is 3. The third-order valence-corrected chi connectivity index (χ3v) is 3.55. The van der Waals surface area contributed by atoms with E-state index in [9.17, 15) is 0 Å². The van der Waals surface area contributed by atoms with Gasteiger partial charge in [-0.1, -0.05) is 103 Å². The lowest BCUT2D eigenvalue weighted by molar-refractivity contribution is 1.62. The zero-order valence-corrected chi connectivity index (χ0v) is 13.4. The third kappa shape index (κ3) is 4.60. The summed E-state index contributed by atoms with van der Waals surface area (Å²) in [5.41, 5.74) is 4.33. The summed E-state index contributed by atoms with van der Waals surface area (Å²) in [4.78, 5) is 0. The molecule has 24 heavy (non-hydrogen) atoms. The highest BCUT2D eigenvalue weighted by atomic mass is 14.0. The van der Waals surface area contributed by atoms with Gasteiger partial charge in [-0.3, -0.25) is 0 Å². The zero-order valence-electron chi connectivity index (χ0n) is 13.4. The molecule has 3 aromatic carbocycles. The lowest BCUT2D eigenvalue weighted by Crippen LogP contribution is -1.81. The van der Waals surface area contributed by atoms with Crippen LogP contribution in [0.2, 0.25) is 0 Å². The molecule has 0 aromatic heterocycles. The van der Waals surface area contributed by atoms with E-state index in [0.717, 1.165) is 16.7 Å². The van der Waals surface area contributed by atoms with Gasteiger partial charge in [-0.15, -0.1) is 0 Å². The molecule has 3 rings (SSSR count). The molecule has 0 saturated carbocycles. The highest BCUT2D eigenvalue weighted by molar-refractivity contribution is 5.81. The molecule has 0 heterocycles. The van der Waals surface area contributed by atoms with Crippen molar-refractivity contribution in [2.45, 2.75) is 0 Å². The monoisotopic (exact) mass is 306 g/mol. The normalized spacial score (nSPS) is 11.1. The summed E-state index contributed by atoms with van der Waals surface area (Å²) >= 11 is 0. The molecule has 0 N–H and O–H groups in total. The molecule has 0 spiro atoms. The van der Waals surface area contributed by atoms with E-state index < -0.39 is 0 Å². The number of allylic oxidation sites excluding steroid dienone is 3. The summed E-state index contributed by atoms with van der Waals surface area (Å²) in [6.07, 6.45) is 6.21. The standard InChI is InChI=1S/C24H18/c1-4-11-21(12-5-1)15-10-18-24(23-16-8-3-9-17-23)20-19-22-13-6-2-7-14-22/h1-18H. The minimum Gasteiger partial charge on any atom is -0.0622 e. The van der Waals surface area contributed by atoms with E-state index in [1.54, 1.807) is 0 Å². The van der Waals surface area contributed by atoms with Crippen LogP contribution in [0.3, 0.4) is 0 Å². The van der Waals surface area contributed by atoms with Gasteiger partial charge in [-0.25, -0.2) is 0 Å². The second kappa shape index (κ2) is 8.36. The molecular formula is C24H18. The van der Waals surface area contributed by atoms with Crippen molar-refractivity contribution in [1.82, 2.24) is 0 Å². The van der Waals surface area contributed by atoms with E-state index in [1.807, 2.05) is 66.7 Å². The van der Waals surface area contributed by atoms with E-state index in [-0.39, 0.29) is 0 Å². The second-order valence-corrected chi connectivity index (χ2v) is 5.33. The van der Waals surface area contributed by atoms with Crippen LogP contribution >= 0.6 is 0 Å². The Morgan fingerprint density at radius 1 is 0.667 bits per heavy atom. The second-order valence-electron chi connectivity index (χ2n) is 5.33. The number of rotatable bonds is 3. The summed E-state index contributed by atoms with van der Waals surface area (Å²) < 4.78 is 0. The van der Waals surface area contributed by atoms with Crippen LogP contribution in [0.25, 0.3) is 11.6 Å². The van der Waals surface area contributed by atoms with Crippen LogP contribution < -0.4 is 0 Å². The van der Waals surface area contributed by atoms with Gasteiger partial charge in [0.1, 0.15) is 0 Å². The Balaban J connectivity index is 1.90. The first kappa shape index (κ1) is 15.6. The zero-order chi connectivity index (χ0) is 16.5. The topological polar surface area (TPSA) is 0 Å². The molecule has 0 fully saturated rings. The highest BCUT2D eigenvalue weighted by Gasteiger charge is 1.95. The maximum atomic E-state index is 3.30. The Bertz CT molecular complexity index is 874. The molecule has 0 bridgehead atoms. The van der Waals surface area contributed by atoms with Gasteiger partial charge >= 0.3 is 0 Å². The van der Waals surface area contributed by atoms with Gasteiger partial charge in [-0.2, -0.15) is 0 Å². The molecule has 0 aliphatic heterocycles. The van der Waals surface area contributed by atoms with Gasteiger partial charge in [0, 0.05) is 11.1 Å². The summed E-state index contributed by atoms with van der Waals surface area (Å²) in [5, 5.41) is 0. The maximum absolute atomic E-state index is 3.30. The molecule has 0 unspecified atom stereocenters. The molecule has 0 aliphatic rings. The van der Waals surface area contributed by atoms with Crippen LogP contribution in [0.4, 0.5) is 0 Å². The molecule has 0 atom stereocenters. The lowest BCUT2D eigenvalue weighted by Gasteiger charge is -1.99. The Morgan fingerprint density at radius 2 is 1.25 bits per heavy atom. The van der Waals surface area contributed by atoms with Gasteiger partial charge in [0.25, 0.3) is 0 Å². The minimum absolute atomic E-state index is 1.01. The molecule has 0 heteroatoms. The van der Waals surface area contributed by atoms with Crippen molar-refractivity contribution < 1.29 is 0 Å². The lowest BCUT2D eigenvalue weighted by atomic mass is 10.0. The molecule has 0 radical (unpaired) electrons. The minimum atomic E-state index is 1.01. The molecular weight excluding hydrogens is 288 g/mol. The van der Waals surface area contributed by atoms with Crippen LogP contribution in [0.5, 0.6) is 0 Å². The third-order valence-electron chi connectivity index (χ3n) is 3.55. The predicted molar refractivity (Wildman–Crippen MR) is 103 cm³/mol. The van der Waals surface area contributed by atoms with Crippen LogP contribution in [0, 0.1) is 11.8 Å². The van der Waals surface area contributed by atoms with Gasteiger partial charge < -0.3 is 0 Å². The van der Waals surface area contributed by atoms with E-state index in [4.69, 9.17) is 0 Å². The molecule has 3 aromatic rings. The number of hydrogen-bond donors (Lipinski definition) is 0. The maximum Gasteiger partial charge on any atom is 0.0321 e. The van der Waals surface area contributed by atoms with Crippen molar-refractivity contribution in [3.05, 3.63) is 120 Å². The van der Waals surface area contributed by atoms with Crippen molar-refractivity contribution in [3.63, 3.8) is 0 Å². The quantitative estimate of drug-likeness (QED) is 0.421. The molecule has 0 nitrogen and oxygen atoms in total. The van der Waals surface area contributed by atoms with Crippen molar-refractivity contribution in [1.29, 1.82) is 0 Å². The fourth-order valence-electron chi connectivity index (χ4n) is 2.31. The first-order valence-corrected chi connectivity index (χ1v) is 7.98. The first-order chi connectivity index (χ1) is 11.9. The van der Waals surface area contributed by atoms with E-state index in [0.29, 0.717) is 0 Å². The van der Waals surface area contributed by atoms with Crippen molar-refractivity contribution >= 4 is 11.6 Å². The van der Waals surface area contributed by atoms with Crippen LogP contribution in [-0.2, 0) is 0 Å². The number of hydrogen-bond acceptors (Lipinski definition) is 0. The fraction of sp³-hybridized carbons (Fsp3) is 0. The van der Waals surface area contributed by atoms with Crippen LogP contribution in [0.1, 0.15) is 16.7 Å². The van der Waals surface area contributed by atoms with E-state index >= 15 is 0 Å². The average Bonchev–Trinajstić information content (AvgIpc) is 2.67. The van der Waals surface area contributed by atoms with Crippen LogP contribution in [0.15, 0.2) is 103 Å². The van der Waals surface area contributed by atoms with Crippen LogP contribution in [-0.4, -0.2) is 0 Å². The Hall–Kier alpha value is -3.30. The SMILES string of the molecule is C(#Cc1ccccc1)C(=CC=Cc1ccccc1)c1ccccc1. The van der Waals surface area contributed by atoms with Gasteiger partial charge in [-0.05, 0) is 29.3 Å². The van der Waals surface area contributed by atoms with Crippen molar-refractivity contribution in [3.8, 4) is 11.8 Å². The smallest absolute Gasteiger partial charge is 0.0321 e.